The molecule has 4 heterocycles. The van der Waals surface area contributed by atoms with Gasteiger partial charge in [0.1, 0.15) is 6.10 Å². The number of aliphatic hydroxyl groups excluding tert-OH is 1. The SMILES string of the molecule is CCOC(=O)c1csc(N2CC(O)C2)n1.CCOC(=O)c1csc(N2CC(OS(C)(=O)=O)C2)n1. The summed E-state index contributed by atoms with van der Waals surface area (Å²) in [6, 6.07) is 0. The molecule has 0 amide bonds. The quantitative estimate of drug-likeness (QED) is 0.380. The van der Waals surface area contributed by atoms with Gasteiger partial charge in [0.05, 0.1) is 25.6 Å². The van der Waals surface area contributed by atoms with E-state index < -0.39 is 16.1 Å². The minimum absolute atomic E-state index is 0.264. The van der Waals surface area contributed by atoms with Gasteiger partial charge in [-0.05, 0) is 13.8 Å². The Balaban J connectivity index is 0.000000196. The van der Waals surface area contributed by atoms with Crippen molar-refractivity contribution in [3.05, 3.63) is 22.1 Å². The first-order valence-corrected chi connectivity index (χ1v) is 14.0. The molecule has 2 saturated heterocycles. The van der Waals surface area contributed by atoms with Crippen LogP contribution in [0.2, 0.25) is 0 Å². The van der Waals surface area contributed by atoms with Crippen LogP contribution in [-0.4, -0.2) is 93.3 Å². The van der Waals surface area contributed by atoms with E-state index in [1.165, 1.54) is 22.7 Å². The standard InChI is InChI=1S/C10H14N2O5S2.C9H12N2O3S/c1-3-16-9(13)8-6-18-10(11-8)12-4-7(5-12)17-19(2,14)15;1-2-14-8(13)7-5-15-9(10-7)11-3-6(12)4-11/h6-7H,3-5H2,1-2H3;5-6,12H,2-4H2,1H3. The van der Waals surface area contributed by atoms with Crippen molar-refractivity contribution in [3.8, 4) is 0 Å². The van der Waals surface area contributed by atoms with Crippen molar-refractivity contribution in [1.29, 1.82) is 0 Å². The first-order valence-electron chi connectivity index (χ1n) is 10.4. The number of hydrogen-bond acceptors (Lipinski definition) is 14. The molecular weight excluding hydrogens is 508 g/mol. The summed E-state index contributed by atoms with van der Waals surface area (Å²) < 4.78 is 36.4. The normalized spacial score (nSPS) is 16.2. The fourth-order valence-corrected chi connectivity index (χ4v) is 5.18. The molecule has 12 nitrogen and oxygen atoms in total. The molecule has 0 bridgehead atoms. The maximum absolute atomic E-state index is 11.4. The number of aromatic nitrogens is 2. The molecule has 0 saturated carbocycles. The third-order valence-corrected chi connectivity index (χ3v) is 6.94. The van der Waals surface area contributed by atoms with Crippen LogP contribution >= 0.6 is 22.7 Å². The fraction of sp³-hybridized carbons (Fsp3) is 0.579. The average molecular weight is 535 g/mol. The highest BCUT2D eigenvalue weighted by Gasteiger charge is 2.32. The average Bonchev–Trinajstić information content (AvgIpc) is 3.38. The molecule has 2 aromatic heterocycles. The summed E-state index contributed by atoms with van der Waals surface area (Å²) in [7, 11) is -3.42. The third kappa shape index (κ3) is 7.09. The zero-order chi connectivity index (χ0) is 24.9. The number of β-amino-alcohol motifs (C(OH)–C–C–N with tert-alkyl or cyclic N) is 1. The number of hydrogen-bond donors (Lipinski definition) is 1. The Morgan fingerprint density at radius 1 is 0.971 bits per heavy atom. The third-order valence-electron chi connectivity index (χ3n) is 4.52. The fourth-order valence-electron chi connectivity index (χ4n) is 2.93. The molecule has 0 unspecified atom stereocenters. The summed E-state index contributed by atoms with van der Waals surface area (Å²) in [6.45, 7) is 6.23. The Kier molecular flexibility index (Phi) is 8.81. The van der Waals surface area contributed by atoms with E-state index in [0.29, 0.717) is 50.2 Å². The van der Waals surface area contributed by atoms with Gasteiger partial charge >= 0.3 is 11.9 Å². The van der Waals surface area contributed by atoms with Crippen LogP contribution in [0.15, 0.2) is 10.8 Å². The van der Waals surface area contributed by atoms with E-state index in [0.717, 1.165) is 11.4 Å². The Morgan fingerprint density at radius 2 is 1.41 bits per heavy atom. The molecule has 0 spiro atoms. The van der Waals surface area contributed by atoms with Crippen LogP contribution in [0.25, 0.3) is 0 Å². The second-order valence-corrected chi connectivity index (χ2v) is 10.6. The minimum Gasteiger partial charge on any atom is -0.461 e. The van der Waals surface area contributed by atoms with E-state index >= 15 is 0 Å². The molecule has 0 aromatic carbocycles. The predicted molar refractivity (Wildman–Crippen MR) is 126 cm³/mol. The van der Waals surface area contributed by atoms with E-state index in [1.54, 1.807) is 24.6 Å². The number of anilines is 2. The topological polar surface area (TPSA) is 148 Å². The summed E-state index contributed by atoms with van der Waals surface area (Å²) in [5.74, 6) is -0.837. The van der Waals surface area contributed by atoms with Crippen molar-refractivity contribution in [2.75, 3.05) is 55.4 Å². The lowest BCUT2D eigenvalue weighted by atomic mass is 10.2. The molecule has 0 aliphatic carbocycles. The lowest BCUT2D eigenvalue weighted by molar-refractivity contribution is 0.0511. The number of aliphatic hydroxyl groups is 1. The maximum atomic E-state index is 11.4. The summed E-state index contributed by atoms with van der Waals surface area (Å²) in [6.07, 6.45) is 0.419. The highest BCUT2D eigenvalue weighted by molar-refractivity contribution is 7.86. The van der Waals surface area contributed by atoms with Crippen molar-refractivity contribution >= 4 is 55.0 Å². The van der Waals surface area contributed by atoms with Crippen molar-refractivity contribution in [1.82, 2.24) is 9.97 Å². The molecular formula is C19H26N4O8S3. The molecule has 2 aromatic rings. The van der Waals surface area contributed by atoms with Gasteiger partial charge in [-0.25, -0.2) is 19.6 Å². The number of ether oxygens (including phenoxy) is 2. The van der Waals surface area contributed by atoms with E-state index in [-0.39, 0.29) is 23.9 Å². The summed E-state index contributed by atoms with van der Waals surface area (Å²) >= 11 is 2.71. The molecule has 15 heteroatoms. The van der Waals surface area contributed by atoms with Gasteiger partial charge in [-0.1, -0.05) is 0 Å². The number of nitrogens with zero attached hydrogens (tertiary/aromatic N) is 4. The largest absolute Gasteiger partial charge is 0.461 e. The van der Waals surface area contributed by atoms with Crippen LogP contribution in [0.4, 0.5) is 10.3 Å². The summed E-state index contributed by atoms with van der Waals surface area (Å²) in [5.41, 5.74) is 0.618. The van der Waals surface area contributed by atoms with Crippen molar-refractivity contribution in [2.24, 2.45) is 0 Å². The van der Waals surface area contributed by atoms with Crippen LogP contribution in [-0.2, 0) is 23.8 Å². The van der Waals surface area contributed by atoms with Crippen molar-refractivity contribution in [3.63, 3.8) is 0 Å². The summed E-state index contributed by atoms with van der Waals surface area (Å²) in [4.78, 5) is 34.8. The Hall–Kier alpha value is -2.33. The molecule has 0 atom stereocenters. The van der Waals surface area contributed by atoms with Crippen molar-refractivity contribution in [2.45, 2.75) is 26.1 Å². The van der Waals surface area contributed by atoms with Crippen LogP contribution in [0.1, 0.15) is 34.8 Å². The summed E-state index contributed by atoms with van der Waals surface area (Å²) in [5, 5.41) is 13.9. The highest BCUT2D eigenvalue weighted by Crippen LogP contribution is 2.27. The monoisotopic (exact) mass is 534 g/mol. The van der Waals surface area contributed by atoms with E-state index in [9.17, 15) is 18.0 Å². The second-order valence-electron chi connectivity index (χ2n) is 7.36. The highest BCUT2D eigenvalue weighted by atomic mass is 32.2. The molecule has 2 fully saturated rings. The zero-order valence-electron chi connectivity index (χ0n) is 18.9. The molecule has 4 rings (SSSR count). The Bertz CT molecular complexity index is 1090. The van der Waals surface area contributed by atoms with E-state index in [2.05, 4.69) is 9.97 Å². The van der Waals surface area contributed by atoms with Crippen LogP contribution < -0.4 is 9.80 Å². The first kappa shape index (κ1) is 26.3. The number of thiazole rings is 2. The molecule has 1 N–H and O–H groups in total. The number of rotatable bonds is 8. The number of carbonyl (C=O) groups is 2. The number of carbonyl (C=O) groups excluding carboxylic acids is 2. The Labute approximate surface area is 205 Å². The van der Waals surface area contributed by atoms with E-state index in [1.807, 2.05) is 9.80 Å². The molecule has 34 heavy (non-hydrogen) atoms. The van der Waals surface area contributed by atoms with Crippen LogP contribution in [0.3, 0.4) is 0 Å². The number of esters is 2. The Morgan fingerprint density at radius 3 is 1.79 bits per heavy atom. The molecule has 0 radical (unpaired) electrons. The maximum Gasteiger partial charge on any atom is 0.357 e. The zero-order valence-corrected chi connectivity index (χ0v) is 21.3. The van der Waals surface area contributed by atoms with Gasteiger partial charge < -0.3 is 24.4 Å². The van der Waals surface area contributed by atoms with Crippen LogP contribution in [0.5, 0.6) is 0 Å². The van der Waals surface area contributed by atoms with E-state index in [4.69, 9.17) is 18.8 Å². The lowest BCUT2D eigenvalue weighted by Crippen LogP contribution is -2.53. The van der Waals surface area contributed by atoms with Gasteiger partial charge in [0, 0.05) is 36.9 Å². The van der Waals surface area contributed by atoms with Crippen LogP contribution in [0, 0.1) is 0 Å². The van der Waals surface area contributed by atoms with Gasteiger partial charge in [0.25, 0.3) is 10.1 Å². The molecule has 2 aliphatic rings. The molecule has 2 aliphatic heterocycles. The van der Waals surface area contributed by atoms with Crippen molar-refractivity contribution < 1.29 is 36.8 Å². The predicted octanol–water partition coefficient (Wildman–Crippen LogP) is 0.985. The van der Waals surface area contributed by atoms with Gasteiger partial charge in [0.2, 0.25) is 0 Å². The second kappa shape index (κ2) is 11.4. The lowest BCUT2D eigenvalue weighted by Gasteiger charge is -2.37. The minimum atomic E-state index is -3.42. The smallest absolute Gasteiger partial charge is 0.357 e. The molecule has 188 valence electrons. The first-order chi connectivity index (χ1) is 16.1. The van der Waals surface area contributed by atoms with Gasteiger partial charge in [-0.3, -0.25) is 4.18 Å². The van der Waals surface area contributed by atoms with Gasteiger partial charge in [0.15, 0.2) is 21.7 Å². The van der Waals surface area contributed by atoms with Gasteiger partial charge in [-0.15, -0.1) is 22.7 Å². The van der Waals surface area contributed by atoms with Gasteiger partial charge in [-0.2, -0.15) is 8.42 Å².